The van der Waals surface area contributed by atoms with Gasteiger partial charge in [-0.25, -0.2) is 4.39 Å². The normalized spacial score (nSPS) is 20.2. The summed E-state index contributed by atoms with van der Waals surface area (Å²) in [5, 5.41) is 8.73. The summed E-state index contributed by atoms with van der Waals surface area (Å²) < 4.78 is 105. The van der Waals surface area contributed by atoms with Crippen LogP contribution in [0.25, 0.3) is 0 Å². The fourth-order valence-electron chi connectivity index (χ4n) is 3.83. The van der Waals surface area contributed by atoms with E-state index in [4.69, 9.17) is 14.6 Å². The van der Waals surface area contributed by atoms with Gasteiger partial charge in [-0.1, -0.05) is 18.1 Å². The molecule has 4 nitrogen and oxygen atoms in total. The van der Waals surface area contributed by atoms with E-state index in [0.29, 0.717) is 30.8 Å². The van der Waals surface area contributed by atoms with Gasteiger partial charge in [0, 0.05) is 19.5 Å². The Bertz CT molecular complexity index is 1030. The lowest BCUT2D eigenvalue weighted by molar-refractivity contribution is -0.229. The highest BCUT2D eigenvalue weighted by Crippen LogP contribution is 2.39. The average Bonchev–Trinajstić information content (AvgIpc) is 2.79. The highest BCUT2D eigenvalue weighted by molar-refractivity contribution is 5.34. The van der Waals surface area contributed by atoms with Crippen LogP contribution in [0.5, 0.6) is 0 Å². The number of aliphatic hydroxyl groups excluding tert-OH is 1. The van der Waals surface area contributed by atoms with Crippen molar-refractivity contribution >= 4 is 0 Å². The lowest BCUT2D eigenvalue weighted by Crippen LogP contribution is -2.47. The number of hydrogen-bond donors (Lipinski definition) is 1. The van der Waals surface area contributed by atoms with Gasteiger partial charge in [0.25, 0.3) is 0 Å². The second-order valence-corrected chi connectivity index (χ2v) is 7.93. The van der Waals surface area contributed by atoms with Crippen molar-refractivity contribution in [3.8, 4) is 12.0 Å². The summed E-state index contributed by atoms with van der Waals surface area (Å²) >= 11 is 0. The standard InChI is InChI=1S/C24H22F7NO3/c1-15(17-12-18(23(26,27)28)14-19(13-17)24(29,30)31)35-22-21(16-4-6-20(25)7-5-16)32(9-11-34-22)8-2-3-10-33/h4-7,12-15,21-22,33H,2,8-9,11H2,1H3/t15-,21+,22-/m1/s1. The number of halogens is 7. The van der Waals surface area contributed by atoms with Crippen molar-refractivity contribution in [2.45, 2.75) is 44.1 Å². The molecule has 0 saturated carbocycles. The Hall–Kier alpha value is -2.81. The molecule has 1 N–H and O–H groups in total. The van der Waals surface area contributed by atoms with Crippen LogP contribution in [0.15, 0.2) is 42.5 Å². The zero-order chi connectivity index (χ0) is 25.8. The first-order chi connectivity index (χ1) is 16.4. The molecule has 0 aliphatic carbocycles. The van der Waals surface area contributed by atoms with E-state index in [-0.39, 0.29) is 24.7 Å². The highest BCUT2D eigenvalue weighted by Gasteiger charge is 2.39. The minimum absolute atomic E-state index is 0.0541. The third-order valence-electron chi connectivity index (χ3n) is 5.54. The Balaban J connectivity index is 1.93. The molecule has 11 heteroatoms. The maximum atomic E-state index is 13.5. The second-order valence-electron chi connectivity index (χ2n) is 7.93. The van der Waals surface area contributed by atoms with E-state index in [2.05, 4.69) is 5.92 Å². The minimum Gasteiger partial charge on any atom is -0.462 e. The molecule has 35 heavy (non-hydrogen) atoms. The second kappa shape index (κ2) is 10.8. The third-order valence-corrected chi connectivity index (χ3v) is 5.54. The van der Waals surface area contributed by atoms with Crippen molar-refractivity contribution in [2.24, 2.45) is 0 Å². The monoisotopic (exact) mass is 505 g/mol. The van der Waals surface area contributed by atoms with Crippen molar-refractivity contribution in [3.63, 3.8) is 0 Å². The van der Waals surface area contributed by atoms with Gasteiger partial charge in [-0.05, 0) is 48.4 Å². The summed E-state index contributed by atoms with van der Waals surface area (Å²) in [6.07, 6.45) is -10.2. The Morgan fingerprint density at radius 2 is 1.66 bits per heavy atom. The largest absolute Gasteiger partial charge is 0.462 e. The summed E-state index contributed by atoms with van der Waals surface area (Å²) in [4.78, 5) is 1.88. The zero-order valence-corrected chi connectivity index (χ0v) is 18.5. The maximum Gasteiger partial charge on any atom is 0.416 e. The van der Waals surface area contributed by atoms with Gasteiger partial charge in [0.1, 0.15) is 11.9 Å². The molecular formula is C24H22F7NO3. The highest BCUT2D eigenvalue weighted by atomic mass is 19.4. The van der Waals surface area contributed by atoms with Gasteiger partial charge in [0.2, 0.25) is 0 Å². The van der Waals surface area contributed by atoms with Gasteiger partial charge in [-0.15, -0.1) is 0 Å². The molecule has 0 radical (unpaired) electrons. The number of nitrogens with zero attached hydrogens (tertiary/aromatic N) is 1. The van der Waals surface area contributed by atoms with Crippen LogP contribution in [0.4, 0.5) is 30.7 Å². The summed E-state index contributed by atoms with van der Waals surface area (Å²) in [6, 6.07) is 6.06. The van der Waals surface area contributed by atoms with Gasteiger partial charge >= 0.3 is 12.4 Å². The van der Waals surface area contributed by atoms with Crippen LogP contribution in [0.3, 0.4) is 0 Å². The Labute approximate surface area is 197 Å². The molecule has 1 aliphatic rings. The molecule has 0 spiro atoms. The van der Waals surface area contributed by atoms with Crippen molar-refractivity contribution < 1.29 is 45.3 Å². The Kier molecular flexibility index (Phi) is 8.30. The molecule has 2 aromatic rings. The first-order valence-electron chi connectivity index (χ1n) is 10.6. The number of morpholine rings is 1. The van der Waals surface area contributed by atoms with Crippen LogP contribution < -0.4 is 0 Å². The van der Waals surface area contributed by atoms with E-state index < -0.39 is 47.7 Å². The van der Waals surface area contributed by atoms with Gasteiger partial charge in [-0.2, -0.15) is 26.3 Å². The minimum atomic E-state index is -4.99. The molecule has 190 valence electrons. The molecule has 3 rings (SSSR count). The van der Waals surface area contributed by atoms with E-state index in [0.717, 1.165) is 0 Å². The number of aliphatic hydroxyl groups is 1. The average molecular weight is 505 g/mol. The molecule has 2 aromatic carbocycles. The fraction of sp³-hybridized carbons (Fsp3) is 0.417. The lowest BCUT2D eigenvalue weighted by atomic mass is 10.0. The predicted molar refractivity (Wildman–Crippen MR) is 111 cm³/mol. The summed E-state index contributed by atoms with van der Waals surface area (Å²) in [5.41, 5.74) is -2.64. The van der Waals surface area contributed by atoms with Crippen molar-refractivity contribution in [1.82, 2.24) is 4.90 Å². The van der Waals surface area contributed by atoms with E-state index in [1.807, 2.05) is 4.90 Å². The van der Waals surface area contributed by atoms with Crippen molar-refractivity contribution in [2.75, 3.05) is 19.7 Å². The quantitative estimate of drug-likeness (QED) is 0.383. The zero-order valence-electron chi connectivity index (χ0n) is 18.5. The Morgan fingerprint density at radius 1 is 1.06 bits per heavy atom. The number of benzene rings is 2. The van der Waals surface area contributed by atoms with Crippen LogP contribution in [0.2, 0.25) is 0 Å². The van der Waals surface area contributed by atoms with Gasteiger partial charge < -0.3 is 14.6 Å². The van der Waals surface area contributed by atoms with Crippen molar-refractivity contribution in [1.29, 1.82) is 0 Å². The van der Waals surface area contributed by atoms with Gasteiger partial charge in [0.15, 0.2) is 6.29 Å². The van der Waals surface area contributed by atoms with Crippen LogP contribution in [-0.2, 0) is 21.8 Å². The van der Waals surface area contributed by atoms with Crippen LogP contribution >= 0.6 is 0 Å². The summed E-state index contributed by atoms with van der Waals surface area (Å²) in [5.74, 6) is 2.02. The molecule has 1 aliphatic heterocycles. The summed E-state index contributed by atoms with van der Waals surface area (Å²) in [7, 11) is 0. The fourth-order valence-corrected chi connectivity index (χ4v) is 3.83. The van der Waals surface area contributed by atoms with Gasteiger partial charge in [0.05, 0.1) is 29.9 Å². The summed E-state index contributed by atoms with van der Waals surface area (Å²) in [6.45, 7) is 2.26. The van der Waals surface area contributed by atoms with E-state index in [1.54, 1.807) is 6.11 Å². The number of rotatable bonds is 6. The van der Waals surface area contributed by atoms with E-state index >= 15 is 0 Å². The van der Waals surface area contributed by atoms with Crippen LogP contribution in [0.1, 0.15) is 47.7 Å². The van der Waals surface area contributed by atoms with Crippen LogP contribution in [0, 0.1) is 17.8 Å². The molecular weight excluding hydrogens is 483 g/mol. The van der Waals surface area contributed by atoms with Gasteiger partial charge in [-0.3, -0.25) is 4.90 Å². The SMILES string of the molecule is C[C@@H](O[C@H]1OCCN(CCC#CO)[C@H]1c1ccc(F)cc1)c1cc(C(F)(F)F)cc(C(F)(F)F)c1. The predicted octanol–water partition coefficient (Wildman–Crippen LogP) is 6.06. The molecule has 0 amide bonds. The number of hydrogen-bond acceptors (Lipinski definition) is 4. The number of alkyl halides is 6. The maximum absolute atomic E-state index is 13.5. The third kappa shape index (κ3) is 6.87. The van der Waals surface area contributed by atoms with Crippen molar-refractivity contribution in [3.05, 3.63) is 70.5 Å². The van der Waals surface area contributed by atoms with E-state index in [9.17, 15) is 30.7 Å². The first kappa shape index (κ1) is 26.8. The first-order valence-corrected chi connectivity index (χ1v) is 10.6. The van der Waals surface area contributed by atoms with Crippen LogP contribution in [-0.4, -0.2) is 36.0 Å². The lowest BCUT2D eigenvalue weighted by Gasteiger charge is -2.42. The smallest absolute Gasteiger partial charge is 0.416 e. The molecule has 1 saturated heterocycles. The molecule has 1 heterocycles. The molecule has 3 atom stereocenters. The molecule has 0 bridgehead atoms. The molecule has 0 aromatic heterocycles. The van der Waals surface area contributed by atoms with E-state index in [1.165, 1.54) is 31.2 Å². The molecule has 0 unspecified atom stereocenters. The topological polar surface area (TPSA) is 41.9 Å². The Morgan fingerprint density at radius 3 is 2.20 bits per heavy atom. The molecule has 1 fully saturated rings. The number of ether oxygens (including phenoxy) is 2.